The van der Waals surface area contributed by atoms with E-state index in [1.54, 1.807) is 6.07 Å². The van der Waals surface area contributed by atoms with Crippen molar-refractivity contribution in [3.8, 4) is 11.5 Å². The fourth-order valence-electron chi connectivity index (χ4n) is 5.91. The fraction of sp³-hybridized carbons (Fsp3) is 0.212. The zero-order valence-electron chi connectivity index (χ0n) is 21.5. The summed E-state index contributed by atoms with van der Waals surface area (Å²) in [6.07, 6.45) is 1.22. The maximum absolute atomic E-state index is 14.0. The lowest BCUT2D eigenvalue weighted by molar-refractivity contribution is -0.132. The minimum absolute atomic E-state index is 0.128. The minimum atomic E-state index is -0.406. The van der Waals surface area contributed by atoms with Crippen LogP contribution < -0.4 is 14.8 Å². The van der Waals surface area contributed by atoms with E-state index in [1.807, 2.05) is 49.4 Å². The number of hydrogen-bond donors (Lipinski definition) is 1. The van der Waals surface area contributed by atoms with E-state index in [0.717, 1.165) is 45.3 Å². The number of carbonyl (C=O) groups excluding carboxylic acids is 2. The number of hydrogen-bond acceptors (Lipinski definition) is 5. The highest BCUT2D eigenvalue weighted by Gasteiger charge is 2.39. The van der Waals surface area contributed by atoms with Crippen LogP contribution in [-0.2, 0) is 9.59 Å². The van der Waals surface area contributed by atoms with E-state index in [-0.39, 0.29) is 17.6 Å². The van der Waals surface area contributed by atoms with E-state index < -0.39 is 5.97 Å². The molecule has 2 atom stereocenters. The molecule has 6 rings (SSSR count). The van der Waals surface area contributed by atoms with Crippen molar-refractivity contribution < 1.29 is 19.1 Å². The molecule has 190 valence electrons. The average Bonchev–Trinajstić information content (AvgIpc) is 2.93. The minimum Gasteiger partial charge on any atom is -0.490 e. The highest BCUT2D eigenvalue weighted by molar-refractivity contribution is 6.04. The van der Waals surface area contributed by atoms with E-state index in [0.29, 0.717) is 24.5 Å². The molecule has 0 fully saturated rings. The van der Waals surface area contributed by atoms with Gasteiger partial charge in [-0.15, -0.1) is 0 Å². The third-order valence-corrected chi connectivity index (χ3v) is 7.47. The first-order valence-corrected chi connectivity index (χ1v) is 13.1. The Morgan fingerprint density at radius 1 is 0.895 bits per heavy atom. The number of Topliss-reactive ketones (excluding diaryl/α,β-unsaturated/α-hetero) is 1. The number of nitrogens with one attached hydrogen (secondary N) is 1. The van der Waals surface area contributed by atoms with Gasteiger partial charge in [-0.2, -0.15) is 0 Å². The molecule has 0 aromatic heterocycles. The lowest BCUT2D eigenvalue weighted by atomic mass is 9.71. The number of esters is 1. The molecule has 38 heavy (non-hydrogen) atoms. The second-order valence-electron chi connectivity index (χ2n) is 9.87. The highest BCUT2D eigenvalue weighted by atomic mass is 16.6. The second-order valence-corrected chi connectivity index (χ2v) is 9.87. The van der Waals surface area contributed by atoms with E-state index in [4.69, 9.17) is 9.47 Å². The summed E-state index contributed by atoms with van der Waals surface area (Å²) in [5, 5.41) is 5.88. The summed E-state index contributed by atoms with van der Waals surface area (Å²) < 4.78 is 11.3. The summed E-state index contributed by atoms with van der Waals surface area (Å²) in [5.41, 5.74) is 5.99. The van der Waals surface area contributed by atoms with Gasteiger partial charge in [0.2, 0.25) is 0 Å². The van der Waals surface area contributed by atoms with Gasteiger partial charge in [0.05, 0.1) is 6.61 Å². The molecule has 0 radical (unpaired) electrons. The van der Waals surface area contributed by atoms with Crippen LogP contribution in [0.4, 0.5) is 5.69 Å². The molecule has 0 saturated carbocycles. The zero-order chi connectivity index (χ0) is 26.2. The number of anilines is 1. The Bertz CT molecular complexity index is 1590. The Morgan fingerprint density at radius 3 is 2.47 bits per heavy atom. The molecule has 4 aromatic rings. The van der Waals surface area contributed by atoms with Crippen LogP contribution in [0.15, 0.2) is 96.2 Å². The number of ketones is 1. The smallest absolute Gasteiger partial charge is 0.308 e. The topological polar surface area (TPSA) is 64.6 Å². The largest absolute Gasteiger partial charge is 0.490 e. The quantitative estimate of drug-likeness (QED) is 0.232. The SMILES string of the molecule is CCOc1cc([C@H]2C3=C(C[C@H](c4ccccc4)CC3=O)Nc3ccc4ccccc4c32)ccc1OC(C)=O. The monoisotopic (exact) mass is 503 g/mol. The first-order chi connectivity index (χ1) is 18.5. The molecule has 1 heterocycles. The third kappa shape index (κ3) is 4.24. The summed E-state index contributed by atoms with van der Waals surface area (Å²) in [6.45, 7) is 3.70. The molecule has 5 nitrogen and oxygen atoms in total. The fourth-order valence-corrected chi connectivity index (χ4v) is 5.91. The van der Waals surface area contributed by atoms with Gasteiger partial charge in [0.25, 0.3) is 0 Å². The van der Waals surface area contributed by atoms with Gasteiger partial charge in [0.15, 0.2) is 17.3 Å². The number of allylic oxidation sites excluding steroid dienone is 2. The van der Waals surface area contributed by atoms with Crippen molar-refractivity contribution >= 4 is 28.2 Å². The molecule has 0 saturated heterocycles. The Balaban J connectivity index is 1.54. The van der Waals surface area contributed by atoms with Gasteiger partial charge in [-0.25, -0.2) is 0 Å². The van der Waals surface area contributed by atoms with Gasteiger partial charge < -0.3 is 14.8 Å². The molecule has 1 aliphatic carbocycles. The van der Waals surface area contributed by atoms with E-state index in [9.17, 15) is 9.59 Å². The van der Waals surface area contributed by atoms with Crippen molar-refractivity contribution in [3.63, 3.8) is 0 Å². The van der Waals surface area contributed by atoms with Crippen molar-refractivity contribution in [2.75, 3.05) is 11.9 Å². The Kier molecular flexibility index (Phi) is 6.20. The lowest BCUT2D eigenvalue weighted by Gasteiger charge is -2.37. The molecule has 0 unspecified atom stereocenters. The van der Waals surface area contributed by atoms with Crippen LogP contribution >= 0.6 is 0 Å². The normalized spacial score (nSPS) is 18.4. The molecule has 0 bridgehead atoms. The van der Waals surface area contributed by atoms with E-state index in [1.165, 1.54) is 12.5 Å². The predicted molar refractivity (Wildman–Crippen MR) is 149 cm³/mol. The van der Waals surface area contributed by atoms with Crippen LogP contribution in [0.25, 0.3) is 10.8 Å². The standard InChI is InChI=1S/C33H29NO4/c1-3-37-30-19-23(14-16-29(30)38-20(2)35)31-32-25-12-8-7-11-22(25)13-15-26(32)34-27-17-24(18-28(36)33(27)31)21-9-5-4-6-10-21/h4-16,19,24,31,34H,3,17-18H2,1-2H3/t24-,31+/m0/s1. The van der Waals surface area contributed by atoms with Gasteiger partial charge in [0.1, 0.15) is 0 Å². The maximum Gasteiger partial charge on any atom is 0.308 e. The molecular formula is C33H29NO4. The lowest BCUT2D eigenvalue weighted by Crippen LogP contribution is -2.30. The van der Waals surface area contributed by atoms with Crippen molar-refractivity contribution in [3.05, 3.63) is 113 Å². The zero-order valence-corrected chi connectivity index (χ0v) is 21.5. The number of fused-ring (bicyclic) bond motifs is 3. The third-order valence-electron chi connectivity index (χ3n) is 7.47. The molecule has 4 aromatic carbocycles. The summed E-state index contributed by atoms with van der Waals surface area (Å²) in [6, 6.07) is 28.4. The maximum atomic E-state index is 14.0. The molecular weight excluding hydrogens is 474 g/mol. The van der Waals surface area contributed by atoms with Crippen molar-refractivity contribution in [1.29, 1.82) is 0 Å². The Hall–Kier alpha value is -4.38. The van der Waals surface area contributed by atoms with Gasteiger partial charge in [-0.3, -0.25) is 9.59 Å². The first-order valence-electron chi connectivity index (χ1n) is 13.1. The second kappa shape index (κ2) is 9.82. The first kappa shape index (κ1) is 24.0. The number of ether oxygens (including phenoxy) is 2. The van der Waals surface area contributed by atoms with Crippen LogP contribution in [0.1, 0.15) is 55.2 Å². The van der Waals surface area contributed by atoms with Gasteiger partial charge >= 0.3 is 5.97 Å². The van der Waals surface area contributed by atoms with Gasteiger partial charge in [0, 0.05) is 36.2 Å². The average molecular weight is 504 g/mol. The van der Waals surface area contributed by atoms with Crippen LogP contribution in [0, 0.1) is 0 Å². The summed E-state index contributed by atoms with van der Waals surface area (Å²) >= 11 is 0. The van der Waals surface area contributed by atoms with Crippen LogP contribution in [-0.4, -0.2) is 18.4 Å². The molecule has 1 N–H and O–H groups in total. The Morgan fingerprint density at radius 2 is 1.68 bits per heavy atom. The van der Waals surface area contributed by atoms with Crippen molar-refractivity contribution in [2.45, 2.75) is 38.5 Å². The van der Waals surface area contributed by atoms with Gasteiger partial charge in [-0.05, 0) is 64.9 Å². The van der Waals surface area contributed by atoms with E-state index in [2.05, 4.69) is 41.7 Å². The van der Waals surface area contributed by atoms with Crippen LogP contribution in [0.5, 0.6) is 11.5 Å². The summed E-state index contributed by atoms with van der Waals surface area (Å²) in [4.78, 5) is 25.7. The molecule has 2 aliphatic rings. The van der Waals surface area contributed by atoms with E-state index >= 15 is 0 Å². The number of benzene rings is 4. The molecule has 5 heteroatoms. The number of rotatable bonds is 5. The molecule has 0 amide bonds. The summed E-state index contributed by atoms with van der Waals surface area (Å²) in [7, 11) is 0. The van der Waals surface area contributed by atoms with Crippen molar-refractivity contribution in [1.82, 2.24) is 0 Å². The Labute approximate surface area is 222 Å². The number of carbonyl (C=O) groups is 2. The van der Waals surface area contributed by atoms with Crippen LogP contribution in [0.3, 0.4) is 0 Å². The predicted octanol–water partition coefficient (Wildman–Crippen LogP) is 7.12. The molecule has 0 spiro atoms. The highest BCUT2D eigenvalue weighted by Crippen LogP contribution is 2.51. The van der Waals surface area contributed by atoms with Gasteiger partial charge in [-0.1, -0.05) is 66.7 Å². The van der Waals surface area contributed by atoms with Crippen LogP contribution in [0.2, 0.25) is 0 Å². The summed E-state index contributed by atoms with van der Waals surface area (Å²) in [5.74, 6) is 0.469. The molecule has 1 aliphatic heterocycles. The van der Waals surface area contributed by atoms with Crippen molar-refractivity contribution in [2.24, 2.45) is 0 Å².